The van der Waals surface area contributed by atoms with Crippen molar-refractivity contribution >= 4 is 17.6 Å². The zero-order valence-electron chi connectivity index (χ0n) is 10.7. The van der Waals surface area contributed by atoms with E-state index in [4.69, 9.17) is 11.6 Å². The molecule has 5 nitrogen and oxygen atoms in total. The molecule has 0 N–H and O–H groups in total. The van der Waals surface area contributed by atoms with Crippen LogP contribution in [0.3, 0.4) is 0 Å². The lowest BCUT2D eigenvalue weighted by Crippen LogP contribution is -2.14. The first kappa shape index (κ1) is 15.3. The van der Waals surface area contributed by atoms with Crippen molar-refractivity contribution < 1.29 is 22.7 Å². The van der Waals surface area contributed by atoms with Crippen molar-refractivity contribution in [1.29, 1.82) is 0 Å². The molecule has 0 fully saturated rings. The van der Waals surface area contributed by atoms with Crippen LogP contribution in [0, 0.1) is 0 Å². The van der Waals surface area contributed by atoms with Gasteiger partial charge in [-0.1, -0.05) is 11.6 Å². The molecule has 0 bridgehead atoms. The topological polar surface area (TPSA) is 57.0 Å². The van der Waals surface area contributed by atoms with Crippen LogP contribution >= 0.6 is 11.6 Å². The van der Waals surface area contributed by atoms with Gasteiger partial charge in [0.05, 0.1) is 11.6 Å². The molecule has 0 aliphatic rings. The molecular formula is C12H9ClF3N3O2. The van der Waals surface area contributed by atoms with E-state index in [0.717, 1.165) is 10.9 Å². The molecule has 0 spiro atoms. The molecule has 0 saturated heterocycles. The van der Waals surface area contributed by atoms with Gasteiger partial charge in [0.1, 0.15) is 5.56 Å². The average Bonchev–Trinajstić information content (AvgIpc) is 2.84. The lowest BCUT2D eigenvalue weighted by Gasteiger charge is -2.05. The Morgan fingerprint density at radius 1 is 1.48 bits per heavy atom. The van der Waals surface area contributed by atoms with E-state index in [1.807, 2.05) is 0 Å². The van der Waals surface area contributed by atoms with Crippen LogP contribution in [0.15, 0.2) is 24.5 Å². The first-order chi connectivity index (χ1) is 9.84. The second kappa shape index (κ2) is 5.72. The number of alkyl halides is 3. The third-order valence-electron chi connectivity index (χ3n) is 2.43. The zero-order chi connectivity index (χ0) is 15.6. The molecule has 0 amide bonds. The van der Waals surface area contributed by atoms with Crippen molar-refractivity contribution in [3.63, 3.8) is 0 Å². The van der Waals surface area contributed by atoms with Gasteiger partial charge in [-0.3, -0.25) is 0 Å². The first-order valence-corrected chi connectivity index (χ1v) is 6.17. The molecule has 2 rings (SSSR count). The molecule has 0 aliphatic heterocycles. The van der Waals surface area contributed by atoms with Gasteiger partial charge in [0.2, 0.25) is 0 Å². The number of halogens is 4. The van der Waals surface area contributed by atoms with Crippen molar-refractivity contribution in [1.82, 2.24) is 14.8 Å². The Kier molecular flexibility index (Phi) is 4.17. The van der Waals surface area contributed by atoms with Crippen LogP contribution in [0.4, 0.5) is 13.2 Å². The van der Waals surface area contributed by atoms with Crippen molar-refractivity contribution in [2.45, 2.75) is 13.1 Å². The average molecular weight is 320 g/mol. The Labute approximate surface area is 122 Å². The van der Waals surface area contributed by atoms with E-state index in [0.29, 0.717) is 0 Å². The van der Waals surface area contributed by atoms with Gasteiger partial charge >= 0.3 is 12.1 Å². The summed E-state index contributed by atoms with van der Waals surface area (Å²) in [4.78, 5) is 15.5. The van der Waals surface area contributed by atoms with E-state index >= 15 is 0 Å². The fourth-order valence-corrected chi connectivity index (χ4v) is 1.80. The maximum absolute atomic E-state index is 12.9. The van der Waals surface area contributed by atoms with Crippen LogP contribution < -0.4 is 0 Å². The van der Waals surface area contributed by atoms with Gasteiger partial charge in [0.15, 0.2) is 11.5 Å². The van der Waals surface area contributed by atoms with E-state index in [1.54, 1.807) is 0 Å². The quantitative estimate of drug-likeness (QED) is 0.816. The lowest BCUT2D eigenvalue weighted by atomic mass is 10.2. The predicted molar refractivity (Wildman–Crippen MR) is 67.3 cm³/mol. The van der Waals surface area contributed by atoms with Gasteiger partial charge in [-0.15, -0.1) is 0 Å². The van der Waals surface area contributed by atoms with Gasteiger partial charge < -0.3 is 4.74 Å². The Morgan fingerprint density at radius 3 is 2.76 bits per heavy atom. The molecule has 112 valence electrons. The van der Waals surface area contributed by atoms with Gasteiger partial charge in [0, 0.05) is 12.4 Å². The highest BCUT2D eigenvalue weighted by molar-refractivity contribution is 6.32. The summed E-state index contributed by atoms with van der Waals surface area (Å²) >= 11 is 5.85. The summed E-state index contributed by atoms with van der Waals surface area (Å²) in [5, 5.41) is 3.46. The fourth-order valence-electron chi connectivity index (χ4n) is 1.60. The van der Waals surface area contributed by atoms with E-state index in [9.17, 15) is 18.0 Å². The van der Waals surface area contributed by atoms with Crippen molar-refractivity contribution in [3.8, 4) is 5.82 Å². The molecule has 9 heteroatoms. The highest BCUT2D eigenvalue weighted by Gasteiger charge is 2.40. The number of esters is 1. The van der Waals surface area contributed by atoms with Crippen LogP contribution in [0.2, 0.25) is 5.02 Å². The third kappa shape index (κ3) is 3.15. The number of carbonyl (C=O) groups is 1. The van der Waals surface area contributed by atoms with Crippen LogP contribution in [0.5, 0.6) is 0 Å². The molecule has 2 aromatic rings. The SMILES string of the molecule is CCOC(=O)c1cn(-c2ncccc2Cl)nc1C(F)(F)F. The van der Waals surface area contributed by atoms with E-state index in [-0.39, 0.29) is 17.4 Å². The van der Waals surface area contributed by atoms with Crippen LogP contribution in [0.25, 0.3) is 5.82 Å². The van der Waals surface area contributed by atoms with Crippen molar-refractivity contribution in [2.24, 2.45) is 0 Å². The van der Waals surface area contributed by atoms with Gasteiger partial charge in [-0.2, -0.15) is 18.3 Å². The lowest BCUT2D eigenvalue weighted by molar-refractivity contribution is -0.141. The third-order valence-corrected chi connectivity index (χ3v) is 2.73. The van der Waals surface area contributed by atoms with Crippen LogP contribution in [-0.2, 0) is 10.9 Å². The molecule has 21 heavy (non-hydrogen) atoms. The predicted octanol–water partition coefficient (Wildman–Crippen LogP) is 3.12. The summed E-state index contributed by atoms with van der Waals surface area (Å²) in [6.07, 6.45) is -2.55. The van der Waals surface area contributed by atoms with E-state index < -0.39 is 23.4 Å². The molecule has 0 aromatic carbocycles. The number of rotatable bonds is 3. The normalized spacial score (nSPS) is 11.5. The Balaban J connectivity index is 2.56. The minimum Gasteiger partial charge on any atom is -0.462 e. The summed E-state index contributed by atoms with van der Waals surface area (Å²) < 4.78 is 44.2. The number of carbonyl (C=O) groups excluding carboxylic acids is 1. The minimum absolute atomic E-state index is 0.0137. The number of nitrogens with zero attached hydrogens (tertiary/aromatic N) is 3. The Hall–Kier alpha value is -2.09. The first-order valence-electron chi connectivity index (χ1n) is 5.79. The van der Waals surface area contributed by atoms with Crippen molar-refractivity contribution in [2.75, 3.05) is 6.61 Å². The molecule has 0 atom stereocenters. The molecule has 0 unspecified atom stereocenters. The maximum atomic E-state index is 12.9. The molecule has 2 heterocycles. The number of hydrogen-bond donors (Lipinski definition) is 0. The van der Waals surface area contributed by atoms with Crippen LogP contribution in [0.1, 0.15) is 23.0 Å². The standard InChI is InChI=1S/C12H9ClF3N3O2/c1-2-21-11(20)7-6-19(18-9(7)12(14,15)16)10-8(13)4-3-5-17-10/h3-6H,2H2,1H3. The summed E-state index contributed by atoms with van der Waals surface area (Å²) in [5.74, 6) is -1.12. The van der Waals surface area contributed by atoms with Crippen LogP contribution in [-0.4, -0.2) is 27.3 Å². The Morgan fingerprint density at radius 2 is 2.19 bits per heavy atom. The monoisotopic (exact) mass is 319 g/mol. The fraction of sp³-hybridized carbons (Fsp3) is 0.250. The molecular weight excluding hydrogens is 311 g/mol. The number of hydrogen-bond acceptors (Lipinski definition) is 4. The highest BCUT2D eigenvalue weighted by atomic mass is 35.5. The number of aromatic nitrogens is 3. The molecule has 0 radical (unpaired) electrons. The van der Waals surface area contributed by atoms with Crippen molar-refractivity contribution in [3.05, 3.63) is 40.8 Å². The summed E-state index contributed by atoms with van der Waals surface area (Å²) in [6.45, 7) is 1.44. The summed E-state index contributed by atoms with van der Waals surface area (Å²) in [5.41, 5.74) is -2.03. The Bertz CT molecular complexity index is 670. The highest BCUT2D eigenvalue weighted by Crippen LogP contribution is 2.32. The zero-order valence-corrected chi connectivity index (χ0v) is 11.4. The molecule has 0 saturated carbocycles. The summed E-state index contributed by atoms with van der Waals surface area (Å²) in [6, 6.07) is 2.97. The van der Waals surface area contributed by atoms with Gasteiger partial charge in [-0.05, 0) is 19.1 Å². The van der Waals surface area contributed by atoms with E-state index in [2.05, 4.69) is 14.8 Å². The second-order valence-corrected chi connectivity index (χ2v) is 4.27. The summed E-state index contributed by atoms with van der Waals surface area (Å²) in [7, 11) is 0. The molecule has 0 aliphatic carbocycles. The largest absolute Gasteiger partial charge is 0.462 e. The minimum atomic E-state index is -4.80. The van der Waals surface area contributed by atoms with Gasteiger partial charge in [-0.25, -0.2) is 14.5 Å². The molecule has 2 aromatic heterocycles. The maximum Gasteiger partial charge on any atom is 0.436 e. The van der Waals surface area contributed by atoms with Gasteiger partial charge in [0.25, 0.3) is 0 Å². The number of pyridine rings is 1. The second-order valence-electron chi connectivity index (χ2n) is 3.86. The number of ether oxygens (including phenoxy) is 1. The smallest absolute Gasteiger partial charge is 0.436 e. The van der Waals surface area contributed by atoms with E-state index in [1.165, 1.54) is 25.3 Å².